The maximum atomic E-state index is 7.22. The standard InChI is InChI=1S/C76H84N4O12/c1-5-9-13-29-53-57-37-59-54(30-14-10-6-2)61-39-63-56(32-16-12-8-4)64-40-62-55(31-15-11-7-3)60-38-58(53)66-74(82-42-50-26-18-22-34-78-50)68(60)88-47-90-70(62)76(84-44-52-28-20-24-36-80-52)72(64)92-48-91-71(63)75(83-43-51-27-19-23-35-79-51)69(61)89-46-87-67(59)73(65(57)85-45-86-66)81-41-49-25-17-21-33-77-49/h17-28,33-40,53-56H,5-16,29-32,41-48H2,1-4H3. The average molecular weight is 1250 g/mol. The number of unbranched alkanes of at least 4 members (excludes halogenated alkanes) is 8. The molecule has 4 aliphatic heterocycles. The van der Waals surface area contributed by atoms with Crippen LogP contribution in [-0.4, -0.2) is 47.1 Å². The van der Waals surface area contributed by atoms with Crippen molar-refractivity contribution in [2.75, 3.05) is 27.2 Å². The van der Waals surface area contributed by atoms with Crippen LogP contribution in [0.15, 0.2) is 122 Å². The molecule has 16 nitrogen and oxygen atoms in total. The molecule has 13 rings (SSSR count). The molecule has 0 saturated carbocycles. The molecule has 16 heteroatoms. The van der Waals surface area contributed by atoms with Crippen LogP contribution in [-0.2, 0) is 26.4 Å². The van der Waals surface area contributed by atoms with Crippen molar-refractivity contribution in [3.05, 3.63) is 189 Å². The first-order chi connectivity index (χ1) is 45.5. The summed E-state index contributed by atoms with van der Waals surface area (Å²) in [6, 6.07) is 32.8. The van der Waals surface area contributed by atoms with E-state index >= 15 is 0 Å². The first-order valence-electron chi connectivity index (χ1n) is 33.5. The molecule has 480 valence electrons. The molecule has 0 radical (unpaired) electrons. The van der Waals surface area contributed by atoms with E-state index in [-0.39, 0.29) is 77.3 Å². The van der Waals surface area contributed by atoms with E-state index in [1.807, 2.05) is 72.8 Å². The SMILES string of the molecule is CCCCCC1c2cc3c4c(OCc5ccccn5)c2OCOc2c1cc1c(c2OCc2ccccn2)OCOc2c(cc5c(c2OCc2ccccn2)OCOc2c(cc(c(c2OCc2ccccn2)OCO4)C3CCCCC)C5CCCCC)C1CCCCC. The normalized spacial score (nSPS) is 17.0. The Morgan fingerprint density at radius 3 is 0.674 bits per heavy atom. The molecule has 1 aliphatic carbocycles. The van der Waals surface area contributed by atoms with Gasteiger partial charge in [-0.25, -0.2) is 0 Å². The minimum Gasteiger partial charge on any atom is -0.480 e. The van der Waals surface area contributed by atoms with E-state index < -0.39 is 0 Å². The molecule has 0 unspecified atom stereocenters. The van der Waals surface area contributed by atoms with Gasteiger partial charge >= 0.3 is 0 Å². The van der Waals surface area contributed by atoms with Crippen molar-refractivity contribution in [2.45, 2.75) is 181 Å². The summed E-state index contributed by atoms with van der Waals surface area (Å²) in [4.78, 5) is 19.0. The van der Waals surface area contributed by atoms with Gasteiger partial charge in [0.15, 0.2) is 46.0 Å². The van der Waals surface area contributed by atoms with Gasteiger partial charge in [-0.3, -0.25) is 19.9 Å². The zero-order chi connectivity index (χ0) is 62.6. The van der Waals surface area contributed by atoms with E-state index in [0.29, 0.717) is 69.0 Å². The van der Waals surface area contributed by atoms with Gasteiger partial charge in [0.05, 0.1) is 22.8 Å². The number of aromatic nitrogens is 4. The molecule has 4 aromatic carbocycles. The van der Waals surface area contributed by atoms with Crippen LogP contribution in [0.5, 0.6) is 69.0 Å². The van der Waals surface area contributed by atoms with Crippen LogP contribution in [0.25, 0.3) is 0 Å². The molecule has 8 heterocycles. The molecule has 0 atom stereocenters. The fraction of sp³-hybridized carbons (Fsp3) is 0.421. The van der Waals surface area contributed by atoms with Gasteiger partial charge in [0.1, 0.15) is 26.4 Å². The summed E-state index contributed by atoms with van der Waals surface area (Å²) in [5.41, 5.74) is 10.6. The minimum atomic E-state index is -0.347. The van der Waals surface area contributed by atoms with E-state index in [9.17, 15) is 0 Å². The lowest BCUT2D eigenvalue weighted by Crippen LogP contribution is -2.24. The van der Waals surface area contributed by atoms with Crippen molar-refractivity contribution < 1.29 is 56.8 Å². The first kappa shape index (κ1) is 61.9. The minimum absolute atomic E-state index is 0.137. The summed E-state index contributed by atoms with van der Waals surface area (Å²) in [5.74, 6) is 4.71. The van der Waals surface area contributed by atoms with Crippen LogP contribution in [0.1, 0.15) is 221 Å². The third-order valence-corrected chi connectivity index (χ3v) is 18.4. The molecule has 0 saturated heterocycles. The maximum Gasteiger partial charge on any atom is 0.231 e. The number of nitrogens with zero attached hydrogens (tertiary/aromatic N) is 4. The third-order valence-electron chi connectivity index (χ3n) is 18.4. The largest absolute Gasteiger partial charge is 0.480 e. The fourth-order valence-corrected chi connectivity index (χ4v) is 13.9. The molecule has 8 bridgehead atoms. The number of hydrogen-bond acceptors (Lipinski definition) is 16. The molecule has 0 N–H and O–H groups in total. The Morgan fingerprint density at radius 2 is 0.500 bits per heavy atom. The Bertz CT molecular complexity index is 3170. The quantitative estimate of drug-likeness (QED) is 0.0425. The van der Waals surface area contributed by atoms with Gasteiger partial charge < -0.3 is 56.8 Å². The van der Waals surface area contributed by atoms with Crippen molar-refractivity contribution >= 4 is 0 Å². The van der Waals surface area contributed by atoms with Gasteiger partial charge in [0.25, 0.3) is 0 Å². The molecule has 5 aliphatic rings. The van der Waals surface area contributed by atoms with Gasteiger partial charge in [-0.1, -0.05) is 129 Å². The zero-order valence-electron chi connectivity index (χ0n) is 53.5. The van der Waals surface area contributed by atoms with E-state index in [0.717, 1.165) is 170 Å². The second-order valence-electron chi connectivity index (χ2n) is 24.4. The summed E-state index contributed by atoms with van der Waals surface area (Å²) < 4.78 is 85.9. The topological polar surface area (TPSA) is 162 Å². The molecule has 0 fully saturated rings. The predicted octanol–water partition coefficient (Wildman–Crippen LogP) is 17.7. The highest BCUT2D eigenvalue weighted by Gasteiger charge is 2.43. The summed E-state index contributed by atoms with van der Waals surface area (Å²) in [6.07, 6.45) is 21.7. The number of benzene rings is 4. The van der Waals surface area contributed by atoms with E-state index in [4.69, 9.17) is 76.8 Å². The second-order valence-corrected chi connectivity index (χ2v) is 24.4. The molecule has 0 amide bonds. The Labute approximate surface area is 540 Å². The Morgan fingerprint density at radius 1 is 0.293 bits per heavy atom. The zero-order valence-corrected chi connectivity index (χ0v) is 53.5. The summed E-state index contributed by atoms with van der Waals surface area (Å²) in [7, 11) is 0. The lowest BCUT2D eigenvalue weighted by atomic mass is 9.75. The van der Waals surface area contributed by atoms with Crippen molar-refractivity contribution in [1.82, 2.24) is 19.9 Å². The molecular formula is C76H84N4O12. The number of hydrogen-bond donors (Lipinski definition) is 0. The lowest BCUT2D eigenvalue weighted by molar-refractivity contribution is 0.0809. The monoisotopic (exact) mass is 1240 g/mol. The van der Waals surface area contributed by atoms with Crippen LogP contribution in [0.3, 0.4) is 0 Å². The summed E-state index contributed by atoms with van der Waals surface area (Å²) in [6.45, 7) is 8.71. The predicted molar refractivity (Wildman–Crippen MR) is 348 cm³/mol. The van der Waals surface area contributed by atoms with Crippen LogP contribution in [0.2, 0.25) is 0 Å². The number of rotatable bonds is 28. The van der Waals surface area contributed by atoms with Crippen molar-refractivity contribution in [1.29, 1.82) is 0 Å². The molecular weight excluding hydrogens is 1160 g/mol. The van der Waals surface area contributed by atoms with Gasteiger partial charge in [-0.15, -0.1) is 0 Å². The number of pyridine rings is 4. The maximum absolute atomic E-state index is 7.22. The third kappa shape index (κ3) is 13.1. The van der Waals surface area contributed by atoms with Gasteiger partial charge in [0, 0.05) is 93.0 Å². The Hall–Kier alpha value is -8.92. The van der Waals surface area contributed by atoms with Crippen molar-refractivity contribution in [3.63, 3.8) is 0 Å². The van der Waals surface area contributed by atoms with Crippen LogP contribution in [0.4, 0.5) is 0 Å². The fourth-order valence-electron chi connectivity index (χ4n) is 13.9. The molecule has 0 spiro atoms. The molecule has 8 aromatic rings. The van der Waals surface area contributed by atoms with E-state index in [1.54, 1.807) is 24.8 Å². The summed E-state index contributed by atoms with van der Waals surface area (Å²) in [5, 5.41) is 0. The second kappa shape index (κ2) is 29.6. The van der Waals surface area contributed by atoms with E-state index in [1.165, 1.54) is 0 Å². The molecule has 92 heavy (non-hydrogen) atoms. The highest BCUT2D eigenvalue weighted by atomic mass is 16.7. The van der Waals surface area contributed by atoms with Crippen molar-refractivity contribution in [2.24, 2.45) is 0 Å². The Balaban J connectivity index is 1.18. The highest BCUT2D eigenvalue weighted by molar-refractivity contribution is 5.73. The van der Waals surface area contributed by atoms with Crippen LogP contribution < -0.4 is 56.8 Å². The molecule has 4 aromatic heterocycles. The first-order valence-corrected chi connectivity index (χ1v) is 33.5. The highest BCUT2D eigenvalue weighted by Crippen LogP contribution is 2.63. The summed E-state index contributed by atoms with van der Waals surface area (Å²) >= 11 is 0. The van der Waals surface area contributed by atoms with Gasteiger partial charge in [-0.05, 0) is 98.5 Å². The van der Waals surface area contributed by atoms with Crippen molar-refractivity contribution in [3.8, 4) is 69.0 Å². The smallest absolute Gasteiger partial charge is 0.231 e. The van der Waals surface area contributed by atoms with Crippen LogP contribution in [0, 0.1) is 0 Å². The van der Waals surface area contributed by atoms with E-state index in [2.05, 4.69) is 52.0 Å². The Kier molecular flexibility index (Phi) is 19.9. The number of ether oxygens (including phenoxy) is 12. The lowest BCUT2D eigenvalue weighted by Gasteiger charge is -2.37. The van der Waals surface area contributed by atoms with Gasteiger partial charge in [0.2, 0.25) is 50.2 Å². The van der Waals surface area contributed by atoms with Gasteiger partial charge in [-0.2, -0.15) is 0 Å². The van der Waals surface area contributed by atoms with Crippen LogP contribution >= 0.6 is 0 Å². The average Bonchev–Trinajstić information content (AvgIpc) is 0.744.